The topological polar surface area (TPSA) is 201 Å². The van der Waals surface area contributed by atoms with Gasteiger partial charge < -0.3 is 29.5 Å². The third kappa shape index (κ3) is 19.9. The highest BCUT2D eigenvalue weighted by Crippen LogP contribution is 2.30. The van der Waals surface area contributed by atoms with Crippen LogP contribution < -0.4 is 19.7 Å². The fourth-order valence-corrected chi connectivity index (χ4v) is 13.0. The molecule has 0 atom stereocenters. The van der Waals surface area contributed by atoms with E-state index in [0.717, 1.165) is 63.2 Å². The first-order valence-corrected chi connectivity index (χ1v) is 30.3. The minimum absolute atomic E-state index is 0.0745. The molecular weight excluding hydrogens is 1040 g/mol. The summed E-state index contributed by atoms with van der Waals surface area (Å²) >= 11 is 5.66. The van der Waals surface area contributed by atoms with Crippen molar-refractivity contribution in [2.75, 3.05) is 112 Å². The van der Waals surface area contributed by atoms with Crippen LogP contribution in [-0.2, 0) is 42.5 Å². The Morgan fingerprint density at radius 3 is 1.35 bits per heavy atom. The summed E-state index contributed by atoms with van der Waals surface area (Å²) in [7, 11) is -1.40. The number of nitrogens with zero attached hydrogens (tertiary/aromatic N) is 9. The molecule has 428 valence electrons. The van der Waals surface area contributed by atoms with Crippen molar-refractivity contribution in [3.8, 4) is 11.5 Å². The van der Waals surface area contributed by atoms with Gasteiger partial charge in [0, 0.05) is 66.2 Å². The molecule has 2 aromatic carbocycles. The number of rotatable bonds is 25. The summed E-state index contributed by atoms with van der Waals surface area (Å²) in [5.74, 6) is 3.53. The molecule has 0 radical (unpaired) electrons. The summed E-state index contributed by atoms with van der Waals surface area (Å²) < 4.78 is 65.0. The van der Waals surface area contributed by atoms with Crippen LogP contribution in [0.2, 0.25) is 5.15 Å². The highest BCUT2D eigenvalue weighted by Gasteiger charge is 2.28. The number of carbonyl (C=O) groups excluding carboxylic acids is 2. The van der Waals surface area contributed by atoms with Gasteiger partial charge in [0.25, 0.3) is 0 Å². The number of halogens is 1. The normalized spacial score (nSPS) is 14.6. The van der Waals surface area contributed by atoms with Crippen LogP contribution in [0.25, 0.3) is 0 Å². The molecule has 18 nitrogen and oxygen atoms in total. The van der Waals surface area contributed by atoms with Crippen molar-refractivity contribution in [3.05, 3.63) is 87.3 Å². The summed E-state index contributed by atoms with van der Waals surface area (Å²) in [4.78, 5) is 32.6. The fraction of sp³-hybridized carbons (Fsp3) is 0.607. The number of ketones is 2. The van der Waals surface area contributed by atoms with Gasteiger partial charge in [0.15, 0.2) is 11.0 Å². The Hall–Kier alpha value is -4.67. The molecule has 2 fully saturated rings. The van der Waals surface area contributed by atoms with Crippen molar-refractivity contribution in [1.29, 1.82) is 0 Å². The average Bonchev–Trinajstić information content (AvgIpc) is 3.41. The number of sulfonamides is 2. The zero-order valence-electron chi connectivity index (χ0n) is 47.9. The van der Waals surface area contributed by atoms with Gasteiger partial charge in [0.2, 0.25) is 20.0 Å². The number of piperidine rings is 2. The van der Waals surface area contributed by atoms with E-state index in [1.54, 1.807) is 71.2 Å². The average molecular weight is 1130 g/mol. The molecule has 0 spiro atoms. The highest BCUT2D eigenvalue weighted by atomic mass is 35.5. The first-order valence-electron chi connectivity index (χ1n) is 27.1. The van der Waals surface area contributed by atoms with Crippen LogP contribution in [0.3, 0.4) is 0 Å². The lowest BCUT2D eigenvalue weighted by Gasteiger charge is -2.34. The van der Waals surface area contributed by atoms with Gasteiger partial charge in [0.05, 0.1) is 48.2 Å². The van der Waals surface area contributed by atoms with Crippen LogP contribution in [-0.4, -0.2) is 174 Å². The molecule has 2 saturated heterocycles. The van der Waals surface area contributed by atoms with Gasteiger partial charge in [-0.25, -0.2) is 25.4 Å². The Morgan fingerprint density at radius 2 is 1.00 bits per heavy atom. The minimum atomic E-state index is -3.74. The molecule has 0 bridgehead atoms. The van der Waals surface area contributed by atoms with Crippen molar-refractivity contribution in [3.63, 3.8) is 0 Å². The van der Waals surface area contributed by atoms with Crippen LogP contribution in [0.5, 0.6) is 11.5 Å². The molecular formula is C56H87ClN10O8S2. The van der Waals surface area contributed by atoms with Gasteiger partial charge in [0.1, 0.15) is 23.1 Å². The number of anilines is 1. The highest BCUT2D eigenvalue weighted by molar-refractivity contribution is 7.89. The molecule has 2 aliphatic heterocycles. The number of aromatic nitrogens is 4. The van der Waals surface area contributed by atoms with E-state index < -0.39 is 20.0 Å². The predicted molar refractivity (Wildman–Crippen MR) is 306 cm³/mol. The Kier molecular flexibility index (Phi) is 26.8. The van der Waals surface area contributed by atoms with Crippen LogP contribution in [0.4, 0.5) is 5.82 Å². The van der Waals surface area contributed by atoms with Crippen molar-refractivity contribution in [2.45, 2.75) is 117 Å². The van der Waals surface area contributed by atoms with Crippen molar-refractivity contribution in [2.24, 2.45) is 11.8 Å². The number of ether oxygens (including phenoxy) is 2. The molecule has 2 aromatic heterocycles. The van der Waals surface area contributed by atoms with E-state index in [1.807, 2.05) is 12.1 Å². The summed E-state index contributed by atoms with van der Waals surface area (Å²) in [5, 5.41) is 19.8. The summed E-state index contributed by atoms with van der Waals surface area (Å²) in [6.07, 6.45) is 5.43. The van der Waals surface area contributed by atoms with E-state index >= 15 is 0 Å². The molecule has 6 rings (SSSR count). The number of methoxy groups -OCH3 is 2. The quantitative estimate of drug-likeness (QED) is 0.0688. The van der Waals surface area contributed by atoms with Crippen LogP contribution in [0, 0.1) is 39.5 Å². The third-order valence-electron chi connectivity index (χ3n) is 14.5. The monoisotopic (exact) mass is 1130 g/mol. The number of aryl methyl sites for hydroxylation is 4. The van der Waals surface area contributed by atoms with Gasteiger partial charge >= 0.3 is 0 Å². The van der Waals surface area contributed by atoms with Crippen LogP contribution >= 0.6 is 11.6 Å². The fourth-order valence-electron chi connectivity index (χ4n) is 9.72. The number of Topliss-reactive ketones (excluding diaryl/α,β-unsaturated/α-hetero) is 2. The molecule has 0 unspecified atom stereocenters. The molecule has 4 heterocycles. The largest absolute Gasteiger partial charge is 0.497 e. The van der Waals surface area contributed by atoms with Gasteiger partial charge in [-0.2, -0.15) is 10.2 Å². The van der Waals surface area contributed by atoms with E-state index in [-0.39, 0.29) is 65.3 Å². The van der Waals surface area contributed by atoms with Crippen LogP contribution in [0.1, 0.15) is 99.9 Å². The number of hydrogen-bond donors (Lipinski definition) is 1. The van der Waals surface area contributed by atoms with Crippen LogP contribution in [0.15, 0.2) is 58.3 Å². The number of carbonyl (C=O) groups is 2. The summed E-state index contributed by atoms with van der Waals surface area (Å²) in [6.45, 7) is 27.5. The second-order valence-electron chi connectivity index (χ2n) is 20.1. The molecule has 21 heteroatoms. The Labute approximate surface area is 465 Å². The maximum Gasteiger partial charge on any atom is 0.243 e. The zero-order valence-corrected chi connectivity index (χ0v) is 50.3. The van der Waals surface area contributed by atoms with E-state index in [9.17, 15) is 26.4 Å². The molecule has 4 aromatic rings. The molecule has 0 saturated carbocycles. The van der Waals surface area contributed by atoms with Crippen molar-refractivity contribution >= 4 is 49.0 Å². The summed E-state index contributed by atoms with van der Waals surface area (Å²) in [6, 6.07) is 13.7. The molecule has 2 aliphatic rings. The maximum atomic E-state index is 13.2. The maximum absolute atomic E-state index is 13.2. The Morgan fingerprint density at radius 1 is 0.610 bits per heavy atom. The Balaban J connectivity index is 0.000000283. The first kappa shape index (κ1) is 64.9. The van der Waals surface area contributed by atoms with E-state index in [4.69, 9.17) is 21.1 Å². The van der Waals surface area contributed by atoms with Gasteiger partial charge in [-0.1, -0.05) is 39.3 Å². The third-order valence-corrected chi connectivity index (χ3v) is 19.0. The summed E-state index contributed by atoms with van der Waals surface area (Å²) in [5.41, 5.74) is 3.52. The van der Waals surface area contributed by atoms with E-state index in [0.29, 0.717) is 45.1 Å². The van der Waals surface area contributed by atoms with Crippen molar-refractivity contribution in [1.82, 2.24) is 44.1 Å². The second kappa shape index (κ2) is 31.8. The smallest absolute Gasteiger partial charge is 0.243 e. The Bertz CT molecular complexity index is 2650. The number of benzene rings is 2. The molecule has 77 heavy (non-hydrogen) atoms. The standard InChI is InChI=1S/C28H43N5O4S.C18H22ClN3O4S.C10H22N2/c1-7-32(8-2)20-23-11-15-33(16-12-23)27-10-9-24(29-30-27)19-25(34)13-14-31(5)38(35,36)28-21(3)17-26(37-6)18-22(28)4;1-12-9-16(26-4)10-13(2)18(12)27(24,25)22(3)8-7-15(23)11-14-5-6-17(19)21-20-14;1-3-12(4-2)9-10-5-7-11-8-6-10/h9-10,17-18,23H,7-8,11-16,19-20H2,1-6H3;5-6,9-10H,7-8,11H2,1-4H3;10-11H,3-9H2,1-2H3. The molecule has 1 N–H and O–H groups in total. The van der Waals surface area contributed by atoms with Crippen molar-refractivity contribution < 1.29 is 35.9 Å². The second-order valence-corrected chi connectivity index (χ2v) is 24.4. The SMILES string of the molecule is CCN(CC)CC1CCN(c2ccc(CC(=O)CCN(C)S(=O)(=O)c3c(C)cc(OC)cc3C)nn2)CC1.CCN(CC)CC1CCNCC1.COc1cc(C)c(S(=O)(=O)N(C)CCC(=O)Cc2ccc(Cl)nn2)c(C)c1. The zero-order chi connectivity index (χ0) is 56.9. The lowest BCUT2D eigenvalue weighted by Crippen LogP contribution is -2.39. The number of nitrogens with one attached hydrogen (secondary N) is 1. The minimum Gasteiger partial charge on any atom is -0.497 e. The predicted octanol–water partition coefficient (Wildman–Crippen LogP) is 7.39. The molecule has 0 aliphatic carbocycles. The lowest BCUT2D eigenvalue weighted by atomic mass is 9.96. The molecule has 0 amide bonds. The van der Waals surface area contributed by atoms with E-state index in [2.05, 4.69) is 68.1 Å². The lowest BCUT2D eigenvalue weighted by molar-refractivity contribution is -0.119. The van der Waals surface area contributed by atoms with Gasteiger partial charge in [-0.15, -0.1) is 10.2 Å². The first-order chi connectivity index (χ1) is 36.6. The number of hydrogen-bond acceptors (Lipinski definition) is 16. The van der Waals surface area contributed by atoms with Gasteiger partial charge in [-0.3, -0.25) is 9.59 Å². The van der Waals surface area contributed by atoms with Gasteiger partial charge in [-0.05, 0) is 175 Å². The van der Waals surface area contributed by atoms with E-state index in [1.165, 1.54) is 75.4 Å².